The molecule has 2 aromatic carbocycles. The van der Waals surface area contributed by atoms with Crippen molar-refractivity contribution in [2.45, 2.75) is 6.42 Å². The lowest BCUT2D eigenvalue weighted by Gasteiger charge is -2.07. The zero-order valence-corrected chi connectivity index (χ0v) is 11.7. The first-order valence-electron chi connectivity index (χ1n) is 6.67. The van der Waals surface area contributed by atoms with Gasteiger partial charge < -0.3 is 5.32 Å². The van der Waals surface area contributed by atoms with E-state index in [-0.39, 0.29) is 23.1 Å². The Hall–Kier alpha value is -3.09. The summed E-state index contributed by atoms with van der Waals surface area (Å²) in [4.78, 5) is 34.9. The van der Waals surface area contributed by atoms with Crippen molar-refractivity contribution in [1.29, 1.82) is 0 Å². The normalized spacial score (nSPS) is 12.8. The predicted molar refractivity (Wildman–Crippen MR) is 76.9 cm³/mol. The van der Waals surface area contributed by atoms with Crippen molar-refractivity contribution in [3.8, 4) is 0 Å². The van der Waals surface area contributed by atoms with Crippen LogP contribution in [0.4, 0.5) is 14.5 Å². The van der Waals surface area contributed by atoms with E-state index in [0.717, 1.165) is 6.07 Å². The van der Waals surface area contributed by atoms with Crippen LogP contribution in [-0.4, -0.2) is 17.7 Å². The molecule has 0 aromatic heterocycles. The number of halogens is 2. The highest BCUT2D eigenvalue weighted by atomic mass is 19.1. The van der Waals surface area contributed by atoms with Crippen molar-refractivity contribution >= 4 is 23.4 Å². The van der Waals surface area contributed by atoms with Gasteiger partial charge in [-0.05, 0) is 29.8 Å². The summed E-state index contributed by atoms with van der Waals surface area (Å²) in [5.74, 6) is -3.08. The van der Waals surface area contributed by atoms with Gasteiger partial charge in [0.05, 0.1) is 17.5 Å². The average Bonchev–Trinajstić information content (AvgIpc) is 2.77. The van der Waals surface area contributed by atoms with Gasteiger partial charge in [0.1, 0.15) is 11.6 Å². The van der Waals surface area contributed by atoms with Crippen LogP contribution in [0, 0.1) is 11.6 Å². The van der Waals surface area contributed by atoms with E-state index in [4.69, 9.17) is 0 Å². The average molecular weight is 316 g/mol. The molecule has 3 rings (SSSR count). The molecule has 2 aromatic rings. The molecule has 0 atom stereocenters. The largest absolute Gasteiger partial charge is 0.326 e. The van der Waals surface area contributed by atoms with Gasteiger partial charge in [-0.25, -0.2) is 8.78 Å². The van der Waals surface area contributed by atoms with Crippen LogP contribution in [0.5, 0.6) is 0 Å². The summed E-state index contributed by atoms with van der Waals surface area (Å²) in [6.07, 6.45) is -0.283. The fraction of sp³-hybridized carbons (Fsp3) is 0.0625. The van der Waals surface area contributed by atoms with E-state index in [0.29, 0.717) is 11.8 Å². The van der Waals surface area contributed by atoms with Gasteiger partial charge in [-0.3, -0.25) is 19.7 Å². The molecule has 0 saturated heterocycles. The number of carbonyl (C=O) groups excluding carboxylic acids is 3. The van der Waals surface area contributed by atoms with Gasteiger partial charge in [0, 0.05) is 11.8 Å². The van der Waals surface area contributed by atoms with Gasteiger partial charge in [0.25, 0.3) is 11.8 Å². The van der Waals surface area contributed by atoms with Crippen LogP contribution in [0.3, 0.4) is 0 Å². The first-order chi connectivity index (χ1) is 10.9. The highest BCUT2D eigenvalue weighted by Gasteiger charge is 2.26. The van der Waals surface area contributed by atoms with Crippen molar-refractivity contribution < 1.29 is 23.2 Å². The fourth-order valence-electron chi connectivity index (χ4n) is 2.29. The maximum absolute atomic E-state index is 13.5. The van der Waals surface area contributed by atoms with Crippen molar-refractivity contribution in [3.05, 3.63) is 64.7 Å². The highest BCUT2D eigenvalue weighted by molar-refractivity contribution is 6.22. The summed E-state index contributed by atoms with van der Waals surface area (Å²) in [7, 11) is 0. The van der Waals surface area contributed by atoms with Gasteiger partial charge in [-0.15, -0.1) is 0 Å². The lowest BCUT2D eigenvalue weighted by atomic mass is 10.1. The molecule has 0 aliphatic carbocycles. The molecule has 116 valence electrons. The Balaban J connectivity index is 1.75. The van der Waals surface area contributed by atoms with Gasteiger partial charge in [-0.2, -0.15) is 0 Å². The minimum atomic E-state index is -0.806. The smallest absolute Gasteiger partial charge is 0.259 e. The first-order valence-corrected chi connectivity index (χ1v) is 6.67. The SMILES string of the molecule is O=C(Cc1ccc(F)cc1F)Nc1ccc2c(c1)C(=O)NC2=O. The molecule has 2 N–H and O–H groups in total. The van der Waals surface area contributed by atoms with Gasteiger partial charge in [0.2, 0.25) is 5.91 Å². The maximum Gasteiger partial charge on any atom is 0.259 e. The molecule has 0 saturated carbocycles. The Labute approximate surface area is 129 Å². The quantitative estimate of drug-likeness (QED) is 0.851. The topological polar surface area (TPSA) is 75.3 Å². The standard InChI is InChI=1S/C16H10F2N2O3/c17-9-2-1-8(13(18)6-9)5-14(21)19-10-3-4-11-12(7-10)16(23)20-15(11)22/h1-4,6-7H,5H2,(H,19,21)(H,20,22,23). The van der Waals surface area contributed by atoms with Crippen LogP contribution < -0.4 is 10.6 Å². The molecular weight excluding hydrogens is 306 g/mol. The number of benzene rings is 2. The second-order valence-electron chi connectivity index (χ2n) is 5.00. The summed E-state index contributed by atoms with van der Waals surface area (Å²) < 4.78 is 26.3. The van der Waals surface area contributed by atoms with E-state index in [1.54, 1.807) is 0 Å². The van der Waals surface area contributed by atoms with E-state index in [2.05, 4.69) is 10.6 Å². The second kappa shape index (κ2) is 5.60. The minimum Gasteiger partial charge on any atom is -0.326 e. The van der Waals surface area contributed by atoms with E-state index >= 15 is 0 Å². The zero-order valence-electron chi connectivity index (χ0n) is 11.7. The van der Waals surface area contributed by atoms with E-state index < -0.39 is 29.4 Å². The number of hydrogen-bond donors (Lipinski definition) is 2. The number of hydrogen-bond acceptors (Lipinski definition) is 3. The molecule has 1 aliphatic rings. The first kappa shape index (κ1) is 14.8. The number of anilines is 1. The third-order valence-electron chi connectivity index (χ3n) is 3.39. The summed E-state index contributed by atoms with van der Waals surface area (Å²) in [5, 5.41) is 4.65. The number of nitrogens with one attached hydrogen (secondary N) is 2. The van der Waals surface area contributed by atoms with Crippen LogP contribution in [0.1, 0.15) is 26.3 Å². The molecule has 0 bridgehead atoms. The third kappa shape index (κ3) is 2.94. The molecule has 0 radical (unpaired) electrons. The van der Waals surface area contributed by atoms with Crippen molar-refractivity contribution in [2.75, 3.05) is 5.32 Å². The molecule has 0 unspecified atom stereocenters. The van der Waals surface area contributed by atoms with E-state index in [1.807, 2.05) is 0 Å². The van der Waals surface area contributed by atoms with E-state index in [1.165, 1.54) is 24.3 Å². The summed E-state index contributed by atoms with van der Waals surface area (Å²) in [6.45, 7) is 0. The van der Waals surface area contributed by atoms with Crippen LogP contribution in [0.2, 0.25) is 0 Å². The Bertz CT molecular complexity index is 849. The number of carbonyl (C=O) groups is 3. The Kier molecular flexibility index (Phi) is 3.61. The Morgan fingerprint density at radius 2 is 1.74 bits per heavy atom. The van der Waals surface area contributed by atoms with Gasteiger partial charge in [-0.1, -0.05) is 6.07 Å². The second-order valence-corrected chi connectivity index (χ2v) is 5.00. The summed E-state index contributed by atoms with van der Waals surface area (Å²) in [5.41, 5.74) is 0.762. The Morgan fingerprint density at radius 3 is 2.48 bits per heavy atom. The van der Waals surface area contributed by atoms with E-state index in [9.17, 15) is 23.2 Å². The Morgan fingerprint density at radius 1 is 1.00 bits per heavy atom. The van der Waals surface area contributed by atoms with Crippen LogP contribution in [0.25, 0.3) is 0 Å². The van der Waals surface area contributed by atoms with Gasteiger partial charge in [0.15, 0.2) is 0 Å². The van der Waals surface area contributed by atoms with Crippen molar-refractivity contribution in [1.82, 2.24) is 5.32 Å². The van der Waals surface area contributed by atoms with Crippen LogP contribution in [-0.2, 0) is 11.2 Å². The number of rotatable bonds is 3. The fourth-order valence-corrected chi connectivity index (χ4v) is 2.29. The molecule has 23 heavy (non-hydrogen) atoms. The zero-order chi connectivity index (χ0) is 16.6. The molecule has 1 heterocycles. The summed E-state index contributed by atoms with van der Waals surface area (Å²) in [6, 6.07) is 7.22. The third-order valence-corrected chi connectivity index (χ3v) is 3.39. The monoisotopic (exact) mass is 316 g/mol. The number of fused-ring (bicyclic) bond motifs is 1. The van der Waals surface area contributed by atoms with Crippen LogP contribution >= 0.6 is 0 Å². The molecule has 3 amide bonds. The summed E-state index contributed by atoms with van der Waals surface area (Å²) >= 11 is 0. The molecule has 5 nitrogen and oxygen atoms in total. The molecular formula is C16H10F2N2O3. The minimum absolute atomic E-state index is 0.0537. The number of amides is 3. The molecule has 0 fully saturated rings. The number of imide groups is 1. The molecule has 7 heteroatoms. The molecule has 0 spiro atoms. The molecule has 1 aliphatic heterocycles. The van der Waals surface area contributed by atoms with Crippen molar-refractivity contribution in [2.24, 2.45) is 0 Å². The highest BCUT2D eigenvalue weighted by Crippen LogP contribution is 2.20. The maximum atomic E-state index is 13.5. The van der Waals surface area contributed by atoms with Gasteiger partial charge >= 0.3 is 0 Å². The lowest BCUT2D eigenvalue weighted by Crippen LogP contribution is -2.19. The van der Waals surface area contributed by atoms with Crippen LogP contribution in [0.15, 0.2) is 36.4 Å². The van der Waals surface area contributed by atoms with Crippen molar-refractivity contribution in [3.63, 3.8) is 0 Å². The predicted octanol–water partition coefficient (Wildman–Crippen LogP) is 2.03. The lowest BCUT2D eigenvalue weighted by molar-refractivity contribution is -0.115.